The molecule has 0 N–H and O–H groups in total. The van der Waals surface area contributed by atoms with Crippen LogP contribution in [0, 0.1) is 10.1 Å². The highest BCUT2D eigenvalue weighted by Crippen LogP contribution is 2.25. The summed E-state index contributed by atoms with van der Waals surface area (Å²) < 4.78 is 5.21. The lowest BCUT2D eigenvalue weighted by Gasteiger charge is -2.18. The van der Waals surface area contributed by atoms with Crippen molar-refractivity contribution in [2.45, 2.75) is 13.8 Å². The van der Waals surface area contributed by atoms with Crippen LogP contribution >= 0.6 is 0 Å². The maximum absolute atomic E-state index is 11.7. The summed E-state index contributed by atoms with van der Waals surface area (Å²) in [4.78, 5) is 23.5. The standard InChI is InChI=1S/C12H16N2O4/c1-3-13(4-2)12(15)9-18-11-8-6-5-7-10(11)14(16)17/h5-8H,3-4,9H2,1-2H3. The van der Waals surface area contributed by atoms with Gasteiger partial charge in [-0.15, -0.1) is 0 Å². The Morgan fingerprint density at radius 3 is 2.50 bits per heavy atom. The number of carbonyl (C=O) groups is 1. The minimum Gasteiger partial charge on any atom is -0.477 e. The van der Waals surface area contributed by atoms with E-state index in [0.29, 0.717) is 13.1 Å². The van der Waals surface area contributed by atoms with Gasteiger partial charge in [0, 0.05) is 19.2 Å². The quantitative estimate of drug-likeness (QED) is 0.572. The maximum atomic E-state index is 11.7. The Hall–Kier alpha value is -2.11. The van der Waals surface area contributed by atoms with Crippen LogP contribution in [0.2, 0.25) is 0 Å². The molecule has 0 unspecified atom stereocenters. The number of nitrogens with zero attached hydrogens (tertiary/aromatic N) is 2. The lowest BCUT2D eigenvalue weighted by atomic mass is 10.3. The Kier molecular flexibility index (Phi) is 5.10. The molecule has 1 aromatic carbocycles. The number of hydrogen-bond acceptors (Lipinski definition) is 4. The second-order valence-corrected chi connectivity index (χ2v) is 3.58. The van der Waals surface area contributed by atoms with E-state index in [1.165, 1.54) is 12.1 Å². The number of nitro groups is 1. The van der Waals surface area contributed by atoms with Crippen LogP contribution in [0.15, 0.2) is 24.3 Å². The monoisotopic (exact) mass is 252 g/mol. The fraction of sp³-hybridized carbons (Fsp3) is 0.417. The van der Waals surface area contributed by atoms with Crippen molar-refractivity contribution in [2.75, 3.05) is 19.7 Å². The molecule has 0 fully saturated rings. The zero-order valence-electron chi connectivity index (χ0n) is 10.5. The number of carbonyl (C=O) groups excluding carboxylic acids is 1. The maximum Gasteiger partial charge on any atom is 0.310 e. The summed E-state index contributed by atoms with van der Waals surface area (Å²) >= 11 is 0. The molecule has 0 aliphatic heterocycles. The molecule has 0 bridgehead atoms. The minimum atomic E-state index is -0.531. The first kappa shape index (κ1) is 14.0. The molecule has 0 aliphatic rings. The molecule has 1 aromatic rings. The molecule has 1 rings (SSSR count). The van der Waals surface area contributed by atoms with E-state index in [-0.39, 0.29) is 24.0 Å². The first-order chi connectivity index (χ1) is 8.60. The van der Waals surface area contributed by atoms with Gasteiger partial charge in [0.25, 0.3) is 5.91 Å². The van der Waals surface area contributed by atoms with E-state index in [1.54, 1.807) is 17.0 Å². The third-order valence-corrected chi connectivity index (χ3v) is 2.53. The molecule has 1 amide bonds. The topological polar surface area (TPSA) is 72.7 Å². The van der Waals surface area contributed by atoms with Crippen LogP contribution in [0.3, 0.4) is 0 Å². The molecule has 6 nitrogen and oxygen atoms in total. The molecule has 0 radical (unpaired) electrons. The molecule has 98 valence electrons. The summed E-state index contributed by atoms with van der Waals surface area (Å²) in [5.41, 5.74) is -0.134. The zero-order valence-corrected chi connectivity index (χ0v) is 10.5. The predicted octanol–water partition coefficient (Wildman–Crippen LogP) is 1.84. The van der Waals surface area contributed by atoms with Crippen molar-refractivity contribution in [3.05, 3.63) is 34.4 Å². The van der Waals surface area contributed by atoms with Gasteiger partial charge in [-0.05, 0) is 19.9 Å². The molecule has 0 aliphatic carbocycles. The Morgan fingerprint density at radius 1 is 1.33 bits per heavy atom. The number of benzene rings is 1. The van der Waals surface area contributed by atoms with Crippen molar-refractivity contribution in [2.24, 2.45) is 0 Å². The average molecular weight is 252 g/mol. The number of rotatable bonds is 6. The zero-order chi connectivity index (χ0) is 13.5. The first-order valence-corrected chi connectivity index (χ1v) is 5.74. The second kappa shape index (κ2) is 6.58. The van der Waals surface area contributed by atoms with Gasteiger partial charge in [-0.25, -0.2) is 0 Å². The largest absolute Gasteiger partial charge is 0.477 e. The van der Waals surface area contributed by atoms with E-state index >= 15 is 0 Å². The molecule has 6 heteroatoms. The van der Waals surface area contributed by atoms with Crippen LogP contribution < -0.4 is 4.74 Å². The fourth-order valence-electron chi connectivity index (χ4n) is 1.54. The van der Waals surface area contributed by atoms with Crippen molar-refractivity contribution >= 4 is 11.6 Å². The smallest absolute Gasteiger partial charge is 0.310 e. The van der Waals surface area contributed by atoms with Crippen LogP contribution in [-0.2, 0) is 4.79 Å². The van der Waals surface area contributed by atoms with Gasteiger partial charge in [0.1, 0.15) is 0 Å². The lowest BCUT2D eigenvalue weighted by Crippen LogP contribution is -2.34. The number of para-hydroxylation sites is 2. The van der Waals surface area contributed by atoms with Crippen LogP contribution in [0.5, 0.6) is 5.75 Å². The second-order valence-electron chi connectivity index (χ2n) is 3.58. The van der Waals surface area contributed by atoms with Gasteiger partial charge in [-0.2, -0.15) is 0 Å². The van der Waals surface area contributed by atoms with Crippen LogP contribution in [0.4, 0.5) is 5.69 Å². The van der Waals surface area contributed by atoms with Crippen molar-refractivity contribution in [1.29, 1.82) is 0 Å². The molecule has 0 saturated heterocycles. The lowest BCUT2D eigenvalue weighted by molar-refractivity contribution is -0.385. The summed E-state index contributed by atoms with van der Waals surface area (Å²) in [5.74, 6) is -0.0684. The summed E-state index contributed by atoms with van der Waals surface area (Å²) in [7, 11) is 0. The Bertz CT molecular complexity index is 430. The van der Waals surface area contributed by atoms with E-state index in [1.807, 2.05) is 13.8 Å². The van der Waals surface area contributed by atoms with Gasteiger partial charge in [0.15, 0.2) is 12.4 Å². The predicted molar refractivity (Wildman–Crippen MR) is 66.5 cm³/mol. The molecular weight excluding hydrogens is 236 g/mol. The van der Waals surface area contributed by atoms with Crippen molar-refractivity contribution in [3.63, 3.8) is 0 Å². The molecule has 0 atom stereocenters. The Morgan fingerprint density at radius 2 is 1.94 bits per heavy atom. The first-order valence-electron chi connectivity index (χ1n) is 5.74. The third-order valence-electron chi connectivity index (χ3n) is 2.53. The molecular formula is C12H16N2O4. The van der Waals surface area contributed by atoms with Crippen molar-refractivity contribution in [1.82, 2.24) is 4.90 Å². The number of likely N-dealkylation sites (N-methyl/N-ethyl adjacent to an activating group) is 1. The summed E-state index contributed by atoms with van der Waals surface area (Å²) in [5, 5.41) is 10.7. The number of hydrogen-bond donors (Lipinski definition) is 0. The third kappa shape index (κ3) is 3.44. The van der Waals surface area contributed by atoms with Gasteiger partial charge < -0.3 is 9.64 Å². The highest BCUT2D eigenvalue weighted by molar-refractivity contribution is 5.77. The van der Waals surface area contributed by atoms with E-state index in [2.05, 4.69) is 0 Å². The van der Waals surface area contributed by atoms with E-state index in [0.717, 1.165) is 0 Å². The number of ether oxygens (including phenoxy) is 1. The number of nitro benzene ring substituents is 1. The summed E-state index contributed by atoms with van der Waals surface area (Å²) in [6, 6.07) is 6.01. The Balaban J connectivity index is 2.69. The highest BCUT2D eigenvalue weighted by Gasteiger charge is 2.16. The van der Waals surface area contributed by atoms with Gasteiger partial charge in [-0.3, -0.25) is 14.9 Å². The van der Waals surface area contributed by atoms with Gasteiger partial charge in [0.05, 0.1) is 4.92 Å². The molecule has 0 saturated carbocycles. The molecule has 0 spiro atoms. The SMILES string of the molecule is CCN(CC)C(=O)COc1ccccc1[N+](=O)[O-]. The van der Waals surface area contributed by atoms with Crippen LogP contribution in [0.1, 0.15) is 13.8 Å². The van der Waals surface area contributed by atoms with Crippen molar-refractivity contribution < 1.29 is 14.5 Å². The van der Waals surface area contributed by atoms with Gasteiger partial charge in [0.2, 0.25) is 0 Å². The minimum absolute atomic E-state index is 0.114. The summed E-state index contributed by atoms with van der Waals surface area (Å²) in [6.07, 6.45) is 0. The highest BCUT2D eigenvalue weighted by atomic mass is 16.6. The average Bonchev–Trinajstić information content (AvgIpc) is 2.38. The molecule has 18 heavy (non-hydrogen) atoms. The van der Waals surface area contributed by atoms with Gasteiger partial charge in [-0.1, -0.05) is 12.1 Å². The van der Waals surface area contributed by atoms with Gasteiger partial charge >= 0.3 is 5.69 Å². The summed E-state index contributed by atoms with van der Waals surface area (Å²) in [6.45, 7) is 4.73. The Labute approximate surface area is 105 Å². The van der Waals surface area contributed by atoms with Crippen LogP contribution in [-0.4, -0.2) is 35.4 Å². The van der Waals surface area contributed by atoms with E-state index in [9.17, 15) is 14.9 Å². The normalized spacial score (nSPS) is 9.89. The number of amides is 1. The van der Waals surface area contributed by atoms with E-state index in [4.69, 9.17) is 4.74 Å². The molecule has 0 aromatic heterocycles. The van der Waals surface area contributed by atoms with Crippen LogP contribution in [0.25, 0.3) is 0 Å². The molecule has 0 heterocycles. The fourth-order valence-corrected chi connectivity index (χ4v) is 1.54. The van der Waals surface area contributed by atoms with E-state index < -0.39 is 4.92 Å². The van der Waals surface area contributed by atoms with Crippen molar-refractivity contribution in [3.8, 4) is 5.75 Å².